The first-order chi connectivity index (χ1) is 9.54. The van der Waals surface area contributed by atoms with Gasteiger partial charge in [-0.25, -0.2) is 14.2 Å². The van der Waals surface area contributed by atoms with Crippen molar-refractivity contribution >= 4 is 11.7 Å². The highest BCUT2D eigenvalue weighted by Gasteiger charge is 2.23. The van der Waals surface area contributed by atoms with Crippen LogP contribution < -0.4 is 0 Å². The molecule has 20 heavy (non-hydrogen) atoms. The average molecular weight is 280 g/mol. The van der Waals surface area contributed by atoms with Crippen LogP contribution in [-0.4, -0.2) is 22.5 Å². The molecule has 0 fully saturated rings. The molecule has 0 bridgehead atoms. The fourth-order valence-corrected chi connectivity index (χ4v) is 1.58. The van der Waals surface area contributed by atoms with E-state index in [-0.39, 0.29) is 23.6 Å². The minimum absolute atomic E-state index is 0.101. The van der Waals surface area contributed by atoms with E-state index in [1.807, 2.05) is 0 Å². The normalized spacial score (nSPS) is 10.3. The topological polar surface area (TPSA) is 95.5 Å². The number of rotatable bonds is 4. The molecule has 2 rings (SSSR count). The van der Waals surface area contributed by atoms with Crippen LogP contribution in [0.25, 0.3) is 11.3 Å². The Morgan fingerprint density at radius 2 is 2.30 bits per heavy atom. The molecule has 0 aliphatic rings. The Bertz CT molecular complexity index is 668. The van der Waals surface area contributed by atoms with Crippen LogP contribution in [0.15, 0.2) is 29.0 Å². The maximum Gasteiger partial charge on any atom is 0.360 e. The van der Waals surface area contributed by atoms with Crippen LogP contribution in [0, 0.1) is 15.9 Å². The van der Waals surface area contributed by atoms with Gasteiger partial charge >= 0.3 is 5.97 Å². The number of non-ortho nitro benzene ring substituents is 1. The summed E-state index contributed by atoms with van der Waals surface area (Å²) in [5.41, 5.74) is -0.681. The number of halogens is 1. The van der Waals surface area contributed by atoms with Crippen molar-refractivity contribution in [1.29, 1.82) is 0 Å². The van der Waals surface area contributed by atoms with Gasteiger partial charge in [0.1, 0.15) is 5.82 Å². The Morgan fingerprint density at radius 1 is 1.55 bits per heavy atom. The SMILES string of the molecule is CCOC(=O)c1ncoc1-c1ccc([N+](=O)[O-])cc1F. The van der Waals surface area contributed by atoms with E-state index in [0.717, 1.165) is 24.6 Å². The molecule has 0 saturated heterocycles. The van der Waals surface area contributed by atoms with Crippen molar-refractivity contribution in [3.8, 4) is 11.3 Å². The maximum absolute atomic E-state index is 13.9. The summed E-state index contributed by atoms with van der Waals surface area (Å²) >= 11 is 0. The van der Waals surface area contributed by atoms with Crippen molar-refractivity contribution in [3.63, 3.8) is 0 Å². The molecule has 1 aromatic carbocycles. The number of nitrogens with zero attached hydrogens (tertiary/aromatic N) is 2. The van der Waals surface area contributed by atoms with E-state index in [1.54, 1.807) is 6.92 Å². The standard InChI is InChI=1S/C12H9FN2O5/c1-2-19-12(16)10-11(20-6-14-10)8-4-3-7(15(17)18)5-9(8)13/h3-6H,2H2,1H3. The largest absolute Gasteiger partial charge is 0.461 e. The number of hydrogen-bond donors (Lipinski definition) is 0. The number of carbonyl (C=O) groups is 1. The second kappa shape index (κ2) is 5.47. The van der Waals surface area contributed by atoms with Crippen LogP contribution in [0.5, 0.6) is 0 Å². The highest BCUT2D eigenvalue weighted by molar-refractivity contribution is 5.93. The molecule has 0 N–H and O–H groups in total. The van der Waals surface area contributed by atoms with Gasteiger partial charge in [-0.1, -0.05) is 0 Å². The first kappa shape index (κ1) is 13.7. The Labute approximate surface area is 112 Å². The minimum Gasteiger partial charge on any atom is -0.461 e. The van der Waals surface area contributed by atoms with Crippen LogP contribution in [0.4, 0.5) is 10.1 Å². The van der Waals surface area contributed by atoms with Crippen molar-refractivity contribution in [1.82, 2.24) is 4.98 Å². The summed E-state index contributed by atoms with van der Waals surface area (Å²) in [4.78, 5) is 25.1. The Kier molecular flexibility index (Phi) is 3.74. The Balaban J connectivity index is 2.45. The van der Waals surface area contributed by atoms with Gasteiger partial charge in [-0.2, -0.15) is 0 Å². The van der Waals surface area contributed by atoms with E-state index >= 15 is 0 Å². The van der Waals surface area contributed by atoms with E-state index in [2.05, 4.69) is 4.98 Å². The maximum atomic E-state index is 13.9. The lowest BCUT2D eigenvalue weighted by Gasteiger charge is -2.02. The van der Waals surface area contributed by atoms with Crippen LogP contribution >= 0.6 is 0 Å². The molecule has 0 aliphatic carbocycles. The third kappa shape index (κ3) is 2.48. The van der Waals surface area contributed by atoms with Crippen LogP contribution in [0.1, 0.15) is 17.4 Å². The lowest BCUT2D eigenvalue weighted by atomic mass is 10.1. The number of carbonyl (C=O) groups excluding carboxylic acids is 1. The van der Waals surface area contributed by atoms with Crippen molar-refractivity contribution in [3.05, 3.63) is 46.2 Å². The molecule has 1 heterocycles. The van der Waals surface area contributed by atoms with Crippen molar-refractivity contribution < 1.29 is 23.3 Å². The Hall–Kier alpha value is -2.77. The summed E-state index contributed by atoms with van der Waals surface area (Å²) in [5.74, 6) is -1.77. The number of oxazole rings is 1. The molecule has 0 radical (unpaired) electrons. The number of benzene rings is 1. The van der Waals surface area contributed by atoms with E-state index in [0.29, 0.717) is 0 Å². The summed E-state index contributed by atoms with van der Waals surface area (Å²) in [7, 11) is 0. The van der Waals surface area contributed by atoms with Crippen LogP contribution in [0.3, 0.4) is 0 Å². The van der Waals surface area contributed by atoms with Crippen LogP contribution in [-0.2, 0) is 4.74 Å². The zero-order valence-electron chi connectivity index (χ0n) is 10.3. The average Bonchev–Trinajstić information content (AvgIpc) is 2.87. The molecule has 8 heteroatoms. The molecule has 1 aromatic heterocycles. The highest BCUT2D eigenvalue weighted by Crippen LogP contribution is 2.28. The Morgan fingerprint density at radius 3 is 2.90 bits per heavy atom. The first-order valence-corrected chi connectivity index (χ1v) is 5.59. The number of esters is 1. The number of ether oxygens (including phenoxy) is 1. The third-order valence-electron chi connectivity index (χ3n) is 2.44. The summed E-state index contributed by atoms with van der Waals surface area (Å²) in [6, 6.07) is 3.00. The molecule has 2 aromatic rings. The van der Waals surface area contributed by atoms with E-state index in [9.17, 15) is 19.3 Å². The summed E-state index contributed by atoms with van der Waals surface area (Å²) in [6.07, 6.45) is 0.975. The van der Waals surface area contributed by atoms with Crippen molar-refractivity contribution in [2.45, 2.75) is 6.92 Å². The highest BCUT2D eigenvalue weighted by atomic mass is 19.1. The zero-order valence-corrected chi connectivity index (χ0v) is 10.3. The van der Waals surface area contributed by atoms with Gasteiger partial charge in [-0.3, -0.25) is 10.1 Å². The number of nitro groups is 1. The summed E-state index contributed by atoms with van der Waals surface area (Å²) < 4.78 is 23.6. The first-order valence-electron chi connectivity index (χ1n) is 5.59. The van der Waals surface area contributed by atoms with Gasteiger partial charge in [-0.15, -0.1) is 0 Å². The quantitative estimate of drug-likeness (QED) is 0.485. The minimum atomic E-state index is -0.888. The smallest absolute Gasteiger partial charge is 0.360 e. The number of aromatic nitrogens is 1. The monoisotopic (exact) mass is 280 g/mol. The fourth-order valence-electron chi connectivity index (χ4n) is 1.58. The number of nitro benzene ring substituents is 1. The van der Waals surface area contributed by atoms with Crippen LogP contribution in [0.2, 0.25) is 0 Å². The predicted molar refractivity (Wildman–Crippen MR) is 64.5 cm³/mol. The van der Waals surface area contributed by atoms with Crippen molar-refractivity contribution in [2.75, 3.05) is 6.61 Å². The zero-order chi connectivity index (χ0) is 14.7. The van der Waals surface area contributed by atoms with Gasteiger partial charge < -0.3 is 9.15 Å². The van der Waals surface area contributed by atoms with Gasteiger partial charge in [0.15, 0.2) is 17.8 Å². The van der Waals surface area contributed by atoms with E-state index in [1.165, 1.54) is 0 Å². The summed E-state index contributed by atoms with van der Waals surface area (Å²) in [5, 5.41) is 10.5. The third-order valence-corrected chi connectivity index (χ3v) is 2.44. The van der Waals surface area contributed by atoms with Gasteiger partial charge in [0, 0.05) is 6.07 Å². The molecule has 104 valence electrons. The lowest BCUT2D eigenvalue weighted by molar-refractivity contribution is -0.385. The van der Waals surface area contributed by atoms with Gasteiger partial charge in [0.05, 0.1) is 23.2 Å². The van der Waals surface area contributed by atoms with E-state index < -0.39 is 22.4 Å². The molecule has 0 atom stereocenters. The molecule has 0 aliphatic heterocycles. The molecule has 0 unspecified atom stereocenters. The van der Waals surface area contributed by atoms with E-state index in [4.69, 9.17) is 9.15 Å². The summed E-state index contributed by atoms with van der Waals surface area (Å²) in [6.45, 7) is 1.75. The lowest BCUT2D eigenvalue weighted by Crippen LogP contribution is -2.06. The predicted octanol–water partition coefficient (Wildman–Crippen LogP) is 2.57. The fraction of sp³-hybridized carbons (Fsp3) is 0.167. The van der Waals surface area contributed by atoms with Gasteiger partial charge in [0.2, 0.25) is 0 Å². The second-order valence-corrected chi connectivity index (χ2v) is 3.67. The van der Waals surface area contributed by atoms with Crippen molar-refractivity contribution in [2.24, 2.45) is 0 Å². The molecule has 0 amide bonds. The molecular weight excluding hydrogens is 271 g/mol. The number of hydrogen-bond acceptors (Lipinski definition) is 6. The molecule has 7 nitrogen and oxygen atoms in total. The molecular formula is C12H9FN2O5. The molecule has 0 spiro atoms. The molecule has 0 saturated carbocycles. The second-order valence-electron chi connectivity index (χ2n) is 3.67. The van der Waals surface area contributed by atoms with Gasteiger partial charge in [-0.05, 0) is 13.0 Å². The van der Waals surface area contributed by atoms with Gasteiger partial charge in [0.25, 0.3) is 5.69 Å².